The van der Waals surface area contributed by atoms with Gasteiger partial charge >= 0.3 is 0 Å². The van der Waals surface area contributed by atoms with Gasteiger partial charge < -0.3 is 20.3 Å². The maximum absolute atomic E-state index is 12.8. The average Bonchev–Trinajstić information content (AvgIpc) is 2.91. The minimum absolute atomic E-state index is 0.153. The lowest BCUT2D eigenvalue weighted by molar-refractivity contribution is 0.0792. The molecule has 1 unspecified atom stereocenters. The third-order valence-corrected chi connectivity index (χ3v) is 6.72. The smallest absolute Gasteiger partial charge is 0.255 e. The molecular formula is C29H39N3O4. The number of rotatable bonds is 8. The summed E-state index contributed by atoms with van der Waals surface area (Å²) in [6, 6.07) is 13.4. The molecule has 0 saturated carbocycles. The van der Waals surface area contributed by atoms with Gasteiger partial charge in [-0.2, -0.15) is 0 Å². The Hall–Kier alpha value is -3.00. The van der Waals surface area contributed by atoms with Crippen molar-refractivity contribution in [3.05, 3.63) is 65.4 Å². The minimum atomic E-state index is -0.164. The van der Waals surface area contributed by atoms with Gasteiger partial charge in [-0.15, -0.1) is 0 Å². The summed E-state index contributed by atoms with van der Waals surface area (Å²) in [6.07, 6.45) is 4.49. The number of piperidine rings is 1. The Balaban J connectivity index is 0.00000176. The Kier molecular flexibility index (Phi) is 10.2. The maximum atomic E-state index is 12.8. The molecule has 1 aliphatic heterocycles. The van der Waals surface area contributed by atoms with Crippen molar-refractivity contribution in [3.63, 3.8) is 0 Å². The molecule has 194 valence electrons. The van der Waals surface area contributed by atoms with Crippen LogP contribution < -0.4 is 10.1 Å². The summed E-state index contributed by atoms with van der Waals surface area (Å²) in [5.41, 5.74) is 4.36. The number of amides is 1. The number of nitrogens with one attached hydrogen (secondary N) is 1. The molecule has 4 rings (SSSR count). The highest BCUT2D eigenvalue weighted by atomic mass is 16.5. The van der Waals surface area contributed by atoms with E-state index in [4.69, 9.17) is 14.8 Å². The van der Waals surface area contributed by atoms with E-state index in [1.165, 1.54) is 0 Å². The van der Waals surface area contributed by atoms with E-state index in [-0.39, 0.29) is 12.0 Å². The Bertz CT molecular complexity index is 1130. The summed E-state index contributed by atoms with van der Waals surface area (Å²) >= 11 is 0. The van der Waals surface area contributed by atoms with Crippen LogP contribution in [0, 0.1) is 12.8 Å². The number of carbonyl (C=O) groups is 1. The normalized spacial score (nSPS) is 15.2. The molecule has 1 atom stereocenters. The molecule has 1 aromatic heterocycles. The molecule has 0 bridgehead atoms. The van der Waals surface area contributed by atoms with Crippen molar-refractivity contribution in [2.45, 2.75) is 52.7 Å². The van der Waals surface area contributed by atoms with E-state index in [1.54, 1.807) is 12.1 Å². The molecule has 1 saturated heterocycles. The number of aliphatic hydroxyl groups is 2. The highest BCUT2D eigenvalue weighted by Crippen LogP contribution is 2.26. The lowest BCUT2D eigenvalue weighted by Crippen LogP contribution is -2.35. The SMILES string of the molecule is CCC(C)COc1ccc(C(=O)Nc2ccc3cc(CN4CCC(O)CC4)cnc3c2C)cc1.CO. The van der Waals surface area contributed by atoms with Gasteiger partial charge in [-0.05, 0) is 73.2 Å². The number of aryl methyl sites for hydroxylation is 1. The van der Waals surface area contributed by atoms with Crippen LogP contribution in [0.2, 0.25) is 0 Å². The first-order valence-electron chi connectivity index (χ1n) is 12.7. The average molecular weight is 494 g/mol. The van der Waals surface area contributed by atoms with Crippen molar-refractivity contribution in [2.75, 3.05) is 32.1 Å². The number of anilines is 1. The molecule has 7 nitrogen and oxygen atoms in total. The molecule has 3 aromatic rings. The molecule has 1 fully saturated rings. The first kappa shape index (κ1) is 27.6. The van der Waals surface area contributed by atoms with Crippen molar-refractivity contribution < 1.29 is 19.7 Å². The molecule has 3 N–H and O–H groups in total. The number of hydrogen-bond donors (Lipinski definition) is 3. The van der Waals surface area contributed by atoms with Crippen LogP contribution >= 0.6 is 0 Å². The number of carbonyl (C=O) groups excluding carboxylic acids is 1. The summed E-state index contributed by atoms with van der Waals surface area (Å²) < 4.78 is 5.79. The van der Waals surface area contributed by atoms with Crippen LogP contribution in [0.4, 0.5) is 5.69 Å². The summed E-state index contributed by atoms with van der Waals surface area (Å²) in [7, 11) is 1.00. The third-order valence-electron chi connectivity index (χ3n) is 6.72. The predicted molar refractivity (Wildman–Crippen MR) is 144 cm³/mol. The van der Waals surface area contributed by atoms with Gasteiger partial charge in [0.15, 0.2) is 0 Å². The third kappa shape index (κ3) is 7.26. The van der Waals surface area contributed by atoms with Gasteiger partial charge in [0, 0.05) is 49.6 Å². The first-order chi connectivity index (χ1) is 17.4. The summed E-state index contributed by atoms with van der Waals surface area (Å²) in [6.45, 7) is 9.63. The monoisotopic (exact) mass is 493 g/mol. The van der Waals surface area contributed by atoms with E-state index in [1.807, 2.05) is 37.4 Å². The van der Waals surface area contributed by atoms with Gasteiger partial charge in [-0.3, -0.25) is 14.7 Å². The van der Waals surface area contributed by atoms with Crippen molar-refractivity contribution in [1.29, 1.82) is 0 Å². The molecule has 0 spiro atoms. The number of aromatic nitrogens is 1. The van der Waals surface area contributed by atoms with Gasteiger partial charge in [0.05, 0.1) is 18.2 Å². The topological polar surface area (TPSA) is 94.9 Å². The molecule has 0 radical (unpaired) electrons. The van der Waals surface area contributed by atoms with Gasteiger partial charge in [-0.1, -0.05) is 26.3 Å². The zero-order valence-corrected chi connectivity index (χ0v) is 21.8. The summed E-state index contributed by atoms with van der Waals surface area (Å²) in [5.74, 6) is 1.13. The van der Waals surface area contributed by atoms with Gasteiger partial charge in [0.25, 0.3) is 5.91 Å². The summed E-state index contributed by atoms with van der Waals surface area (Å²) in [5, 5.41) is 20.8. The first-order valence-corrected chi connectivity index (χ1v) is 12.7. The molecule has 0 aliphatic carbocycles. The largest absolute Gasteiger partial charge is 0.493 e. The Morgan fingerprint density at radius 2 is 1.86 bits per heavy atom. The number of fused-ring (bicyclic) bond motifs is 1. The van der Waals surface area contributed by atoms with Gasteiger partial charge in [0.2, 0.25) is 0 Å². The van der Waals surface area contributed by atoms with E-state index in [9.17, 15) is 9.90 Å². The molecule has 36 heavy (non-hydrogen) atoms. The fourth-order valence-corrected chi connectivity index (χ4v) is 4.20. The highest BCUT2D eigenvalue weighted by Gasteiger charge is 2.17. The van der Waals surface area contributed by atoms with E-state index in [0.29, 0.717) is 18.1 Å². The fourth-order valence-electron chi connectivity index (χ4n) is 4.20. The molecular weight excluding hydrogens is 454 g/mol. The molecule has 7 heteroatoms. The second-order valence-corrected chi connectivity index (χ2v) is 9.46. The van der Waals surface area contributed by atoms with Crippen molar-refractivity contribution in [1.82, 2.24) is 9.88 Å². The summed E-state index contributed by atoms with van der Waals surface area (Å²) in [4.78, 5) is 19.9. The predicted octanol–water partition coefficient (Wildman–Crippen LogP) is 4.79. The molecule has 2 heterocycles. The number of hydrogen-bond acceptors (Lipinski definition) is 6. The van der Waals surface area contributed by atoms with Gasteiger partial charge in [0.1, 0.15) is 5.75 Å². The highest BCUT2D eigenvalue weighted by molar-refractivity contribution is 6.06. The lowest BCUT2D eigenvalue weighted by Gasteiger charge is -2.29. The zero-order valence-electron chi connectivity index (χ0n) is 21.8. The number of pyridine rings is 1. The number of nitrogens with zero attached hydrogens (tertiary/aromatic N) is 2. The number of benzene rings is 2. The molecule has 2 aromatic carbocycles. The Labute approximate surface area is 214 Å². The second-order valence-electron chi connectivity index (χ2n) is 9.46. The lowest BCUT2D eigenvalue weighted by atomic mass is 10.0. The maximum Gasteiger partial charge on any atom is 0.255 e. The number of likely N-dealkylation sites (tertiary alicyclic amines) is 1. The standard InChI is InChI=1S/C28H35N3O3.CH4O/c1-4-19(2)18-34-25-8-5-22(6-9-25)28(33)30-26-10-7-23-15-21(16-29-27(23)20(26)3)17-31-13-11-24(32)12-14-31;1-2/h5-10,15-16,19,24,32H,4,11-14,17-18H2,1-3H3,(H,30,33);2H,1H3. The second kappa shape index (κ2) is 13.3. The fraction of sp³-hybridized carbons (Fsp3) is 0.448. The molecule has 1 aliphatic rings. The quantitative estimate of drug-likeness (QED) is 0.418. The van der Waals surface area contributed by atoms with E-state index in [0.717, 1.165) is 79.5 Å². The van der Waals surface area contributed by atoms with Crippen LogP contribution in [0.5, 0.6) is 5.75 Å². The van der Waals surface area contributed by atoms with Crippen LogP contribution in [-0.4, -0.2) is 58.9 Å². The van der Waals surface area contributed by atoms with Crippen molar-refractivity contribution in [3.8, 4) is 5.75 Å². The van der Waals surface area contributed by atoms with Crippen LogP contribution in [-0.2, 0) is 6.54 Å². The Morgan fingerprint density at radius 3 is 2.53 bits per heavy atom. The number of aliphatic hydroxyl groups excluding tert-OH is 2. The zero-order chi connectivity index (χ0) is 26.1. The van der Waals surface area contributed by atoms with E-state index < -0.39 is 0 Å². The number of ether oxygens (including phenoxy) is 1. The van der Waals surface area contributed by atoms with Crippen LogP contribution in [0.15, 0.2) is 48.7 Å². The van der Waals surface area contributed by atoms with E-state index in [2.05, 4.69) is 30.1 Å². The Morgan fingerprint density at radius 1 is 1.17 bits per heavy atom. The molecule has 1 amide bonds. The van der Waals surface area contributed by atoms with Crippen molar-refractivity contribution >= 4 is 22.5 Å². The van der Waals surface area contributed by atoms with Crippen molar-refractivity contribution in [2.24, 2.45) is 5.92 Å². The minimum Gasteiger partial charge on any atom is -0.493 e. The van der Waals surface area contributed by atoms with Crippen LogP contribution in [0.25, 0.3) is 10.9 Å². The van der Waals surface area contributed by atoms with Crippen LogP contribution in [0.1, 0.15) is 54.6 Å². The van der Waals surface area contributed by atoms with Crippen LogP contribution in [0.3, 0.4) is 0 Å². The van der Waals surface area contributed by atoms with E-state index >= 15 is 0 Å². The van der Waals surface area contributed by atoms with Gasteiger partial charge in [-0.25, -0.2) is 0 Å².